The minimum absolute atomic E-state index is 0.0880. The van der Waals surface area contributed by atoms with E-state index in [4.69, 9.17) is 5.11 Å². The smallest absolute Gasteiger partial charge is 0.315 e. The van der Waals surface area contributed by atoms with Crippen molar-refractivity contribution in [3.8, 4) is 0 Å². The number of urea groups is 1. The van der Waals surface area contributed by atoms with Crippen LogP contribution in [0.25, 0.3) is 0 Å². The first-order chi connectivity index (χ1) is 11.6. The first-order valence-corrected chi connectivity index (χ1v) is 9.07. The van der Waals surface area contributed by atoms with E-state index < -0.39 is 0 Å². The van der Waals surface area contributed by atoms with Crippen molar-refractivity contribution in [3.05, 3.63) is 35.9 Å². The summed E-state index contributed by atoms with van der Waals surface area (Å²) >= 11 is 0. The molecule has 5 heteroatoms. The zero-order valence-corrected chi connectivity index (χ0v) is 14.9. The molecular formula is C19H31N3O2. The molecule has 2 rings (SSSR count). The number of aliphatic hydroxyl groups excluding tert-OH is 1. The summed E-state index contributed by atoms with van der Waals surface area (Å²) < 4.78 is 0. The zero-order valence-electron chi connectivity index (χ0n) is 14.9. The predicted molar refractivity (Wildman–Crippen MR) is 96.9 cm³/mol. The van der Waals surface area contributed by atoms with Crippen molar-refractivity contribution in [2.45, 2.75) is 57.7 Å². The molecule has 0 saturated carbocycles. The number of likely N-dealkylation sites (tertiary alicyclic amines) is 1. The maximum Gasteiger partial charge on any atom is 0.315 e. The Hall–Kier alpha value is -1.59. The molecule has 1 heterocycles. The van der Waals surface area contributed by atoms with Crippen LogP contribution in [0.1, 0.15) is 51.1 Å². The molecule has 3 N–H and O–H groups in total. The van der Waals surface area contributed by atoms with Crippen LogP contribution in [-0.2, 0) is 0 Å². The van der Waals surface area contributed by atoms with E-state index in [1.807, 2.05) is 13.0 Å². The standard InChI is InChI=1S/C19H31N3O2/c1-15(7-6-14-23)20-19(24)21-18-10-12-22(13-11-18)16(2)17-8-4-3-5-9-17/h3-5,8-9,15-16,18,23H,6-7,10-14H2,1-2H3,(H2,20,21,24). The van der Waals surface area contributed by atoms with E-state index in [0.29, 0.717) is 6.04 Å². The highest BCUT2D eigenvalue weighted by atomic mass is 16.3. The summed E-state index contributed by atoms with van der Waals surface area (Å²) in [6, 6.07) is 11.2. The van der Waals surface area contributed by atoms with Crippen molar-refractivity contribution in [2.24, 2.45) is 0 Å². The van der Waals surface area contributed by atoms with Gasteiger partial charge in [-0.1, -0.05) is 30.3 Å². The number of rotatable bonds is 7. The van der Waals surface area contributed by atoms with Crippen LogP contribution >= 0.6 is 0 Å². The molecule has 2 amide bonds. The topological polar surface area (TPSA) is 64.6 Å². The highest BCUT2D eigenvalue weighted by Crippen LogP contribution is 2.23. The van der Waals surface area contributed by atoms with Gasteiger partial charge in [0, 0.05) is 37.8 Å². The first-order valence-electron chi connectivity index (χ1n) is 9.07. The number of amides is 2. The molecule has 24 heavy (non-hydrogen) atoms. The molecule has 1 aliphatic heterocycles. The van der Waals surface area contributed by atoms with E-state index in [2.05, 4.69) is 46.7 Å². The lowest BCUT2D eigenvalue weighted by Gasteiger charge is -2.36. The summed E-state index contributed by atoms with van der Waals surface area (Å²) in [5.41, 5.74) is 1.35. The number of nitrogens with zero attached hydrogens (tertiary/aromatic N) is 1. The summed E-state index contributed by atoms with van der Waals surface area (Å²) in [4.78, 5) is 14.5. The summed E-state index contributed by atoms with van der Waals surface area (Å²) in [5.74, 6) is 0. The first kappa shape index (κ1) is 18.7. The molecule has 0 radical (unpaired) electrons. The Kier molecular flexibility index (Phi) is 7.53. The normalized spacial score (nSPS) is 18.8. The van der Waals surface area contributed by atoms with Gasteiger partial charge in [0.25, 0.3) is 0 Å². The maximum absolute atomic E-state index is 12.0. The molecule has 1 aromatic rings. The van der Waals surface area contributed by atoms with Gasteiger partial charge in [-0.3, -0.25) is 4.90 Å². The zero-order chi connectivity index (χ0) is 17.4. The van der Waals surface area contributed by atoms with Gasteiger partial charge < -0.3 is 15.7 Å². The van der Waals surface area contributed by atoms with Crippen LogP contribution in [0.2, 0.25) is 0 Å². The average Bonchev–Trinajstić information content (AvgIpc) is 2.60. The molecule has 1 saturated heterocycles. The molecule has 0 spiro atoms. The number of piperidine rings is 1. The number of nitrogens with one attached hydrogen (secondary N) is 2. The summed E-state index contributed by atoms with van der Waals surface area (Å²) in [7, 11) is 0. The lowest BCUT2D eigenvalue weighted by molar-refractivity contribution is 0.152. The van der Waals surface area contributed by atoms with Crippen molar-refractivity contribution >= 4 is 6.03 Å². The Bertz CT molecular complexity index is 487. The van der Waals surface area contributed by atoms with E-state index >= 15 is 0 Å². The number of carbonyl (C=O) groups excluding carboxylic acids is 1. The number of hydrogen-bond acceptors (Lipinski definition) is 3. The van der Waals surface area contributed by atoms with Gasteiger partial charge in [0.05, 0.1) is 0 Å². The predicted octanol–water partition coefficient (Wildman–Crippen LogP) is 2.67. The number of aliphatic hydroxyl groups is 1. The molecule has 0 aromatic heterocycles. The average molecular weight is 333 g/mol. The number of carbonyl (C=O) groups is 1. The summed E-state index contributed by atoms with van der Waals surface area (Å²) in [6.45, 7) is 6.39. The fourth-order valence-electron chi connectivity index (χ4n) is 3.29. The van der Waals surface area contributed by atoms with E-state index in [0.717, 1.165) is 38.8 Å². The van der Waals surface area contributed by atoms with Crippen molar-refractivity contribution in [3.63, 3.8) is 0 Å². The minimum Gasteiger partial charge on any atom is -0.396 e. The number of hydrogen-bond donors (Lipinski definition) is 3. The maximum atomic E-state index is 12.0. The number of benzene rings is 1. The third kappa shape index (κ3) is 5.80. The van der Waals surface area contributed by atoms with Crippen molar-refractivity contribution in [2.75, 3.05) is 19.7 Å². The molecule has 1 aromatic carbocycles. The van der Waals surface area contributed by atoms with Crippen molar-refractivity contribution in [1.29, 1.82) is 0 Å². The molecule has 0 bridgehead atoms. The van der Waals surface area contributed by atoms with Crippen LogP contribution in [-0.4, -0.2) is 47.8 Å². The van der Waals surface area contributed by atoms with Crippen LogP contribution in [0.5, 0.6) is 0 Å². The van der Waals surface area contributed by atoms with E-state index in [9.17, 15) is 4.79 Å². The monoisotopic (exact) mass is 333 g/mol. The Balaban J connectivity index is 1.71. The lowest BCUT2D eigenvalue weighted by atomic mass is 10.0. The highest BCUT2D eigenvalue weighted by Gasteiger charge is 2.24. The molecule has 1 fully saturated rings. The quantitative estimate of drug-likeness (QED) is 0.719. The Morgan fingerprint density at radius 1 is 1.25 bits per heavy atom. The van der Waals surface area contributed by atoms with Gasteiger partial charge in [-0.2, -0.15) is 0 Å². The Morgan fingerprint density at radius 3 is 2.54 bits per heavy atom. The van der Waals surface area contributed by atoms with E-state index in [1.165, 1.54) is 5.56 Å². The summed E-state index contributed by atoms with van der Waals surface area (Å²) in [5, 5.41) is 14.9. The Morgan fingerprint density at radius 2 is 1.92 bits per heavy atom. The minimum atomic E-state index is -0.0880. The second-order valence-corrected chi connectivity index (χ2v) is 6.78. The fraction of sp³-hybridized carbons (Fsp3) is 0.632. The largest absolute Gasteiger partial charge is 0.396 e. The van der Waals surface area contributed by atoms with Crippen LogP contribution in [0, 0.1) is 0 Å². The van der Waals surface area contributed by atoms with Crippen molar-refractivity contribution < 1.29 is 9.90 Å². The van der Waals surface area contributed by atoms with Gasteiger partial charge in [-0.05, 0) is 45.1 Å². The molecule has 5 nitrogen and oxygen atoms in total. The van der Waals surface area contributed by atoms with Gasteiger partial charge in [-0.25, -0.2) is 4.79 Å². The Labute approximate surface area is 145 Å². The van der Waals surface area contributed by atoms with Crippen LogP contribution in [0.3, 0.4) is 0 Å². The molecule has 2 unspecified atom stereocenters. The van der Waals surface area contributed by atoms with Gasteiger partial charge >= 0.3 is 6.03 Å². The van der Waals surface area contributed by atoms with Gasteiger partial charge in [0.15, 0.2) is 0 Å². The SMILES string of the molecule is CC(CCCO)NC(=O)NC1CCN(C(C)c2ccccc2)CC1. The van der Waals surface area contributed by atoms with Crippen LogP contribution in [0.4, 0.5) is 4.79 Å². The van der Waals surface area contributed by atoms with E-state index in [1.54, 1.807) is 0 Å². The van der Waals surface area contributed by atoms with Crippen LogP contribution < -0.4 is 10.6 Å². The fourth-order valence-corrected chi connectivity index (χ4v) is 3.29. The summed E-state index contributed by atoms with van der Waals surface area (Å²) in [6.07, 6.45) is 3.49. The molecule has 0 aliphatic carbocycles. The second kappa shape index (κ2) is 9.64. The highest BCUT2D eigenvalue weighted by molar-refractivity contribution is 5.74. The van der Waals surface area contributed by atoms with E-state index in [-0.39, 0.29) is 24.7 Å². The molecule has 1 aliphatic rings. The second-order valence-electron chi connectivity index (χ2n) is 6.78. The van der Waals surface area contributed by atoms with Gasteiger partial charge in [0.1, 0.15) is 0 Å². The van der Waals surface area contributed by atoms with Crippen LogP contribution in [0.15, 0.2) is 30.3 Å². The van der Waals surface area contributed by atoms with Gasteiger partial charge in [0.2, 0.25) is 0 Å². The molecule has 134 valence electrons. The molecular weight excluding hydrogens is 302 g/mol. The van der Waals surface area contributed by atoms with Crippen molar-refractivity contribution in [1.82, 2.24) is 15.5 Å². The van der Waals surface area contributed by atoms with Gasteiger partial charge in [-0.15, -0.1) is 0 Å². The third-order valence-electron chi connectivity index (χ3n) is 4.87. The molecule has 2 atom stereocenters. The lowest BCUT2D eigenvalue weighted by Crippen LogP contribution is -2.49. The third-order valence-corrected chi connectivity index (χ3v) is 4.87.